The van der Waals surface area contributed by atoms with E-state index in [9.17, 15) is 9.59 Å². The van der Waals surface area contributed by atoms with Crippen LogP contribution in [-0.2, 0) is 0 Å². The molecule has 1 aromatic carbocycles. The van der Waals surface area contributed by atoms with Crippen molar-refractivity contribution in [2.45, 2.75) is 6.92 Å². The highest BCUT2D eigenvalue weighted by molar-refractivity contribution is 7.17. The van der Waals surface area contributed by atoms with Crippen LogP contribution in [0, 0.1) is 6.92 Å². The molecule has 0 bridgehead atoms. The lowest BCUT2D eigenvalue weighted by atomic mass is 10.3. The van der Waals surface area contributed by atoms with Crippen molar-refractivity contribution in [2.24, 2.45) is 0 Å². The molecule has 0 radical (unpaired) electrons. The Labute approximate surface area is 152 Å². The van der Waals surface area contributed by atoms with E-state index in [2.05, 4.69) is 25.6 Å². The van der Waals surface area contributed by atoms with Crippen LogP contribution < -0.4 is 10.6 Å². The SMILES string of the molecule is Cc1nc(NC(=O)c2cnccn2)sc1C(=O)Nc1cccc(Cl)c1. The first kappa shape index (κ1) is 17.0. The molecule has 2 amide bonds. The van der Waals surface area contributed by atoms with E-state index in [-0.39, 0.29) is 11.6 Å². The van der Waals surface area contributed by atoms with Crippen LogP contribution in [0.25, 0.3) is 0 Å². The van der Waals surface area contributed by atoms with Crippen LogP contribution in [0.3, 0.4) is 0 Å². The Bertz CT molecular complexity index is 929. The van der Waals surface area contributed by atoms with E-state index >= 15 is 0 Å². The van der Waals surface area contributed by atoms with Gasteiger partial charge in [0.05, 0.1) is 11.9 Å². The molecule has 7 nitrogen and oxygen atoms in total. The molecule has 0 spiro atoms. The van der Waals surface area contributed by atoms with Gasteiger partial charge in [-0.3, -0.25) is 19.9 Å². The van der Waals surface area contributed by atoms with E-state index in [4.69, 9.17) is 11.6 Å². The van der Waals surface area contributed by atoms with Crippen LogP contribution in [0.4, 0.5) is 10.8 Å². The summed E-state index contributed by atoms with van der Waals surface area (Å²) in [5.74, 6) is -0.763. The molecule has 3 rings (SSSR count). The van der Waals surface area contributed by atoms with Crippen LogP contribution in [0.5, 0.6) is 0 Å². The predicted molar refractivity (Wildman–Crippen MR) is 96.2 cm³/mol. The summed E-state index contributed by atoms with van der Waals surface area (Å²) in [6.07, 6.45) is 4.25. The molecule has 9 heteroatoms. The second-order valence-corrected chi connectivity index (χ2v) is 6.38. The van der Waals surface area contributed by atoms with Crippen molar-refractivity contribution < 1.29 is 9.59 Å². The molecule has 25 heavy (non-hydrogen) atoms. The summed E-state index contributed by atoms with van der Waals surface area (Å²) in [4.78, 5) is 36.8. The van der Waals surface area contributed by atoms with Gasteiger partial charge in [0.1, 0.15) is 10.6 Å². The van der Waals surface area contributed by atoms with Gasteiger partial charge in [0.2, 0.25) is 0 Å². The molecular weight excluding hydrogens is 362 g/mol. The van der Waals surface area contributed by atoms with Gasteiger partial charge in [-0.05, 0) is 25.1 Å². The molecule has 2 N–H and O–H groups in total. The summed E-state index contributed by atoms with van der Waals surface area (Å²) >= 11 is 6.98. The van der Waals surface area contributed by atoms with Crippen molar-refractivity contribution in [3.05, 3.63) is 64.1 Å². The third-order valence-corrected chi connectivity index (χ3v) is 4.41. The van der Waals surface area contributed by atoms with Gasteiger partial charge in [-0.15, -0.1) is 0 Å². The highest BCUT2D eigenvalue weighted by Gasteiger charge is 2.18. The number of halogens is 1. The molecule has 0 unspecified atom stereocenters. The Morgan fingerprint density at radius 1 is 1.16 bits per heavy atom. The van der Waals surface area contributed by atoms with Crippen LogP contribution in [0.15, 0.2) is 42.9 Å². The van der Waals surface area contributed by atoms with Crippen molar-refractivity contribution >= 4 is 45.6 Å². The zero-order valence-corrected chi connectivity index (χ0v) is 14.6. The lowest BCUT2D eigenvalue weighted by molar-refractivity contribution is 0.101. The van der Waals surface area contributed by atoms with E-state index in [1.807, 2.05) is 0 Å². The highest BCUT2D eigenvalue weighted by Crippen LogP contribution is 2.24. The van der Waals surface area contributed by atoms with E-state index < -0.39 is 5.91 Å². The summed E-state index contributed by atoms with van der Waals surface area (Å²) < 4.78 is 0. The van der Waals surface area contributed by atoms with Crippen LogP contribution in [0.2, 0.25) is 5.02 Å². The molecule has 0 aliphatic heterocycles. The van der Waals surface area contributed by atoms with Crippen LogP contribution >= 0.6 is 22.9 Å². The second kappa shape index (κ2) is 7.37. The summed E-state index contributed by atoms with van der Waals surface area (Å²) in [6, 6.07) is 6.84. The van der Waals surface area contributed by atoms with Crippen molar-refractivity contribution in [1.29, 1.82) is 0 Å². The molecule has 126 valence electrons. The number of benzene rings is 1. The fraction of sp³-hybridized carbons (Fsp3) is 0.0625. The third-order valence-electron chi connectivity index (χ3n) is 3.10. The summed E-state index contributed by atoms with van der Waals surface area (Å²) in [6.45, 7) is 1.70. The van der Waals surface area contributed by atoms with Crippen LogP contribution in [-0.4, -0.2) is 26.8 Å². The first-order valence-electron chi connectivity index (χ1n) is 7.14. The number of rotatable bonds is 4. The lowest BCUT2D eigenvalue weighted by Gasteiger charge is -2.04. The predicted octanol–water partition coefficient (Wildman–Crippen LogP) is 3.40. The number of nitrogens with zero attached hydrogens (tertiary/aromatic N) is 3. The number of anilines is 2. The standard InChI is InChI=1S/C16H12ClN5O2S/c1-9-13(15(24)21-11-4-2-3-10(17)7-11)25-16(20-9)22-14(23)12-8-18-5-6-19-12/h2-8H,1H3,(H,21,24)(H,20,22,23). The number of carbonyl (C=O) groups is 2. The number of thiazole rings is 1. The fourth-order valence-corrected chi connectivity index (χ4v) is 3.04. The van der Waals surface area contributed by atoms with Gasteiger partial charge in [-0.2, -0.15) is 0 Å². The molecular formula is C16H12ClN5O2S. The molecule has 0 aliphatic carbocycles. The largest absolute Gasteiger partial charge is 0.321 e. The molecule has 2 heterocycles. The molecule has 0 saturated carbocycles. The van der Waals surface area contributed by atoms with Crippen molar-refractivity contribution in [2.75, 3.05) is 10.6 Å². The number of aromatic nitrogens is 3. The quantitative estimate of drug-likeness (QED) is 0.730. The van der Waals surface area contributed by atoms with Crippen molar-refractivity contribution in [1.82, 2.24) is 15.0 Å². The summed E-state index contributed by atoms with van der Waals surface area (Å²) in [5, 5.41) is 6.20. The zero-order valence-electron chi connectivity index (χ0n) is 13.0. The Morgan fingerprint density at radius 2 is 2.00 bits per heavy atom. The Balaban J connectivity index is 1.73. The normalized spacial score (nSPS) is 10.3. The second-order valence-electron chi connectivity index (χ2n) is 4.94. The first-order valence-corrected chi connectivity index (χ1v) is 8.34. The molecule has 0 fully saturated rings. The van der Waals surface area contributed by atoms with Crippen molar-refractivity contribution in [3.63, 3.8) is 0 Å². The van der Waals surface area contributed by atoms with E-state index in [0.29, 0.717) is 26.4 Å². The Morgan fingerprint density at radius 3 is 2.72 bits per heavy atom. The zero-order chi connectivity index (χ0) is 17.8. The van der Waals surface area contributed by atoms with Crippen molar-refractivity contribution in [3.8, 4) is 0 Å². The van der Waals surface area contributed by atoms with E-state index in [1.165, 1.54) is 18.6 Å². The Hall–Kier alpha value is -2.84. The van der Waals surface area contributed by atoms with Gasteiger partial charge in [0.25, 0.3) is 11.8 Å². The smallest absolute Gasteiger partial charge is 0.277 e. The monoisotopic (exact) mass is 373 g/mol. The number of aryl methyl sites for hydroxylation is 1. The first-order chi connectivity index (χ1) is 12.0. The molecule has 2 aromatic heterocycles. The minimum absolute atomic E-state index is 0.167. The third kappa shape index (κ3) is 4.17. The highest BCUT2D eigenvalue weighted by atomic mass is 35.5. The molecule has 0 atom stereocenters. The molecule has 0 saturated heterocycles. The maximum atomic E-state index is 12.4. The Kier molecular flexibility index (Phi) is 5.01. The topological polar surface area (TPSA) is 96.9 Å². The minimum atomic E-state index is -0.441. The molecule has 3 aromatic rings. The van der Waals surface area contributed by atoms with Crippen LogP contribution in [0.1, 0.15) is 25.9 Å². The maximum absolute atomic E-state index is 12.4. The summed E-state index contributed by atoms with van der Waals surface area (Å²) in [5.41, 5.74) is 1.26. The molecule has 0 aliphatic rings. The van der Waals surface area contributed by atoms with Gasteiger partial charge in [-0.25, -0.2) is 9.97 Å². The van der Waals surface area contributed by atoms with Gasteiger partial charge < -0.3 is 5.32 Å². The minimum Gasteiger partial charge on any atom is -0.321 e. The fourth-order valence-electron chi connectivity index (χ4n) is 1.99. The maximum Gasteiger partial charge on any atom is 0.277 e. The van der Waals surface area contributed by atoms with Gasteiger partial charge in [-0.1, -0.05) is 29.0 Å². The average Bonchev–Trinajstić information content (AvgIpc) is 2.96. The average molecular weight is 374 g/mol. The number of nitrogens with one attached hydrogen (secondary N) is 2. The lowest BCUT2D eigenvalue weighted by Crippen LogP contribution is -2.13. The van der Waals surface area contributed by atoms with E-state index in [0.717, 1.165) is 11.3 Å². The van der Waals surface area contributed by atoms with Gasteiger partial charge in [0, 0.05) is 23.1 Å². The van der Waals surface area contributed by atoms with Gasteiger partial charge in [0.15, 0.2) is 5.13 Å². The number of amides is 2. The number of carbonyl (C=O) groups excluding carboxylic acids is 2. The summed E-state index contributed by atoms with van der Waals surface area (Å²) in [7, 11) is 0. The number of hydrogen-bond acceptors (Lipinski definition) is 6. The number of hydrogen-bond donors (Lipinski definition) is 2. The van der Waals surface area contributed by atoms with Gasteiger partial charge >= 0.3 is 0 Å². The van der Waals surface area contributed by atoms with E-state index in [1.54, 1.807) is 31.2 Å².